The lowest BCUT2D eigenvalue weighted by atomic mass is 9.46. The second-order valence-electron chi connectivity index (χ2n) is 13.7. The van der Waals surface area contributed by atoms with E-state index < -0.39 is 12.9 Å². The average molecular weight is 523 g/mol. The zero-order chi connectivity index (χ0) is 26.4. The molecule has 0 aromatic rings. The molecular weight excluding hydrogens is 467 g/mol. The Kier molecular flexibility index (Phi) is 8.64. The van der Waals surface area contributed by atoms with E-state index in [-0.39, 0.29) is 18.6 Å². The Morgan fingerprint density at radius 3 is 2.31 bits per heavy atom. The Labute approximate surface area is 221 Å². The van der Waals surface area contributed by atoms with Crippen molar-refractivity contribution in [3.8, 4) is 0 Å². The van der Waals surface area contributed by atoms with Gasteiger partial charge in [0.2, 0.25) is 0 Å². The fourth-order valence-corrected chi connectivity index (χ4v) is 11.4. The van der Waals surface area contributed by atoms with Crippen LogP contribution in [0.25, 0.3) is 0 Å². The molecule has 8 atom stereocenters. The standard InChI is InChI=1S/C31H55O4P/c1-8-34-36(33,35-9-2)31(32)20-19-29(6)24(21-31)13-14-25-27-16-15-26(23(5)12-10-11-22(3)4)30(27,7)18-17-28(25)29/h21-23,25-28,32H,8-20H2,1-7H3/t23-,25+,26-,27+,28+,29+,30-,31?/m1/s1. The van der Waals surface area contributed by atoms with Crippen LogP contribution in [0.5, 0.6) is 0 Å². The molecule has 0 heterocycles. The molecule has 4 aliphatic rings. The molecule has 36 heavy (non-hydrogen) atoms. The van der Waals surface area contributed by atoms with E-state index in [1.807, 2.05) is 19.9 Å². The summed E-state index contributed by atoms with van der Waals surface area (Å²) < 4.78 is 24.8. The zero-order valence-corrected chi connectivity index (χ0v) is 25.2. The van der Waals surface area contributed by atoms with Crippen LogP contribution < -0.4 is 0 Å². The summed E-state index contributed by atoms with van der Waals surface area (Å²) in [5.74, 6) is 4.82. The monoisotopic (exact) mass is 522 g/mol. The quantitative estimate of drug-likeness (QED) is 0.230. The van der Waals surface area contributed by atoms with Gasteiger partial charge in [-0.15, -0.1) is 0 Å². The van der Waals surface area contributed by atoms with Crippen LogP contribution in [0, 0.1) is 46.3 Å². The number of hydrogen-bond donors (Lipinski definition) is 1. The lowest BCUT2D eigenvalue weighted by Crippen LogP contribution is -2.52. The molecule has 0 saturated heterocycles. The Morgan fingerprint density at radius 1 is 0.972 bits per heavy atom. The summed E-state index contributed by atoms with van der Waals surface area (Å²) in [4.78, 5) is 0. The molecule has 0 aromatic carbocycles. The molecule has 4 rings (SSSR count). The van der Waals surface area contributed by atoms with Crippen LogP contribution >= 0.6 is 7.60 Å². The van der Waals surface area contributed by atoms with Crippen molar-refractivity contribution in [1.82, 2.24) is 0 Å². The van der Waals surface area contributed by atoms with Crippen molar-refractivity contribution >= 4 is 7.60 Å². The molecule has 3 saturated carbocycles. The smallest absolute Gasteiger partial charge is 0.365 e. The maximum absolute atomic E-state index is 13.6. The summed E-state index contributed by atoms with van der Waals surface area (Å²) >= 11 is 0. The van der Waals surface area contributed by atoms with Gasteiger partial charge in [0.15, 0.2) is 5.34 Å². The van der Waals surface area contributed by atoms with Crippen molar-refractivity contribution in [2.24, 2.45) is 46.3 Å². The van der Waals surface area contributed by atoms with Crippen LogP contribution in [0.2, 0.25) is 0 Å². The van der Waals surface area contributed by atoms with Crippen molar-refractivity contribution in [3.05, 3.63) is 11.6 Å². The minimum atomic E-state index is -3.62. The van der Waals surface area contributed by atoms with Gasteiger partial charge in [-0.05, 0) is 118 Å². The SMILES string of the molecule is CCOP(=O)(OCC)C1(O)C=C2CC[C@H]3[C@@H]4CC[C@H]([C@H](C)CCCC(C)C)[C@@]4(C)CC[C@@H]3[C@@]2(C)CC1. The highest BCUT2D eigenvalue weighted by molar-refractivity contribution is 7.55. The first kappa shape index (κ1) is 28.8. The van der Waals surface area contributed by atoms with Gasteiger partial charge in [0, 0.05) is 0 Å². The molecule has 0 amide bonds. The fourth-order valence-electron chi connectivity index (χ4n) is 9.55. The van der Waals surface area contributed by atoms with E-state index in [0.717, 1.165) is 42.4 Å². The second-order valence-corrected chi connectivity index (χ2v) is 16.0. The molecule has 208 valence electrons. The van der Waals surface area contributed by atoms with Gasteiger partial charge in [0.1, 0.15) is 0 Å². The molecule has 4 nitrogen and oxygen atoms in total. The largest absolute Gasteiger partial charge is 0.374 e. The summed E-state index contributed by atoms with van der Waals surface area (Å²) in [6.07, 6.45) is 15.1. The van der Waals surface area contributed by atoms with Gasteiger partial charge in [0.05, 0.1) is 13.2 Å². The Hall–Kier alpha value is -0.150. The van der Waals surface area contributed by atoms with E-state index in [1.165, 1.54) is 56.9 Å². The highest BCUT2D eigenvalue weighted by Gasteiger charge is 2.61. The van der Waals surface area contributed by atoms with Crippen molar-refractivity contribution in [2.75, 3.05) is 13.2 Å². The molecule has 3 fully saturated rings. The van der Waals surface area contributed by atoms with Crippen LogP contribution in [-0.2, 0) is 13.6 Å². The van der Waals surface area contributed by atoms with E-state index in [1.54, 1.807) is 0 Å². The molecule has 1 unspecified atom stereocenters. The van der Waals surface area contributed by atoms with Gasteiger partial charge < -0.3 is 14.2 Å². The third kappa shape index (κ3) is 4.84. The number of fused-ring (bicyclic) bond motifs is 5. The van der Waals surface area contributed by atoms with Crippen molar-refractivity contribution in [2.45, 2.75) is 124 Å². The van der Waals surface area contributed by atoms with Crippen molar-refractivity contribution < 1.29 is 18.7 Å². The molecule has 0 aliphatic heterocycles. The van der Waals surface area contributed by atoms with Gasteiger partial charge in [0.25, 0.3) is 0 Å². The van der Waals surface area contributed by atoms with E-state index in [4.69, 9.17) is 9.05 Å². The first-order valence-corrected chi connectivity index (χ1v) is 16.8. The average Bonchev–Trinajstić information content (AvgIpc) is 3.17. The lowest BCUT2D eigenvalue weighted by Gasteiger charge is -2.59. The third-order valence-corrected chi connectivity index (χ3v) is 13.9. The first-order valence-electron chi connectivity index (χ1n) is 15.3. The van der Waals surface area contributed by atoms with E-state index in [0.29, 0.717) is 17.8 Å². The maximum atomic E-state index is 13.6. The number of allylic oxidation sites excluding steroid dienone is 1. The first-order chi connectivity index (χ1) is 16.9. The Balaban J connectivity index is 1.53. The molecule has 5 heteroatoms. The summed E-state index contributed by atoms with van der Waals surface area (Å²) in [5, 5.41) is 10.1. The van der Waals surface area contributed by atoms with Gasteiger partial charge in [-0.3, -0.25) is 4.57 Å². The van der Waals surface area contributed by atoms with Crippen LogP contribution in [0.4, 0.5) is 0 Å². The topological polar surface area (TPSA) is 55.8 Å². The Bertz CT molecular complexity index is 844. The highest BCUT2D eigenvalue weighted by atomic mass is 31.2. The summed E-state index contributed by atoms with van der Waals surface area (Å²) in [7, 11) is -3.62. The molecule has 0 spiro atoms. The van der Waals surface area contributed by atoms with Gasteiger partial charge in [-0.2, -0.15) is 0 Å². The minimum absolute atomic E-state index is 0.0979. The van der Waals surface area contributed by atoms with Crippen molar-refractivity contribution in [1.29, 1.82) is 0 Å². The summed E-state index contributed by atoms with van der Waals surface area (Å²) in [5.41, 5.74) is 1.91. The van der Waals surface area contributed by atoms with E-state index in [9.17, 15) is 9.67 Å². The molecule has 4 aliphatic carbocycles. The van der Waals surface area contributed by atoms with Crippen LogP contribution in [-0.4, -0.2) is 23.7 Å². The van der Waals surface area contributed by atoms with Gasteiger partial charge in [-0.25, -0.2) is 0 Å². The molecule has 0 radical (unpaired) electrons. The molecule has 1 N–H and O–H groups in total. The third-order valence-electron chi connectivity index (χ3n) is 11.4. The van der Waals surface area contributed by atoms with Gasteiger partial charge >= 0.3 is 7.60 Å². The lowest BCUT2D eigenvalue weighted by molar-refractivity contribution is -0.0656. The van der Waals surface area contributed by atoms with Crippen LogP contribution in [0.1, 0.15) is 119 Å². The number of aliphatic hydroxyl groups is 1. The van der Waals surface area contributed by atoms with E-state index in [2.05, 4.69) is 34.6 Å². The number of hydrogen-bond acceptors (Lipinski definition) is 4. The number of rotatable bonds is 10. The highest BCUT2D eigenvalue weighted by Crippen LogP contribution is 2.71. The van der Waals surface area contributed by atoms with E-state index >= 15 is 0 Å². The van der Waals surface area contributed by atoms with Crippen LogP contribution in [0.3, 0.4) is 0 Å². The summed E-state index contributed by atoms with van der Waals surface area (Å²) in [6, 6.07) is 0. The minimum Gasteiger partial charge on any atom is -0.374 e. The van der Waals surface area contributed by atoms with Crippen LogP contribution in [0.15, 0.2) is 11.6 Å². The predicted molar refractivity (Wildman–Crippen MR) is 149 cm³/mol. The normalized spacial score (nSPS) is 41.4. The molecule has 0 aromatic heterocycles. The molecular formula is C31H55O4P. The maximum Gasteiger partial charge on any atom is 0.365 e. The second kappa shape index (κ2) is 10.8. The Morgan fingerprint density at radius 2 is 1.67 bits per heavy atom. The summed E-state index contributed by atoms with van der Waals surface area (Å²) in [6.45, 7) is 16.5. The molecule has 0 bridgehead atoms. The fraction of sp³-hybridized carbons (Fsp3) is 0.935. The van der Waals surface area contributed by atoms with Crippen molar-refractivity contribution in [3.63, 3.8) is 0 Å². The predicted octanol–water partition coefficient (Wildman–Crippen LogP) is 8.98. The zero-order valence-electron chi connectivity index (χ0n) is 24.4. The van der Waals surface area contributed by atoms with Gasteiger partial charge in [-0.1, -0.05) is 59.5 Å².